The van der Waals surface area contributed by atoms with Gasteiger partial charge in [-0.15, -0.1) is 0 Å². The third-order valence-electron chi connectivity index (χ3n) is 4.78. The Morgan fingerprint density at radius 1 is 1.12 bits per heavy atom. The van der Waals surface area contributed by atoms with Gasteiger partial charge in [0.1, 0.15) is 5.75 Å². The molecule has 17 heavy (non-hydrogen) atoms. The Morgan fingerprint density at radius 2 is 1.82 bits per heavy atom. The highest BCUT2D eigenvalue weighted by Crippen LogP contribution is 2.48. The Hall–Kier alpha value is -1.02. The lowest BCUT2D eigenvalue weighted by atomic mass is 9.68. The summed E-state index contributed by atoms with van der Waals surface area (Å²) in [5, 5.41) is 12.9. The predicted octanol–water partition coefficient (Wildman–Crippen LogP) is 2.81. The number of benzene rings is 1. The van der Waals surface area contributed by atoms with Crippen LogP contribution in [0, 0.1) is 5.92 Å². The SMILES string of the molecule is Oc1ccc(C2(C3CCNC3)CCCC2)cc1. The molecule has 1 saturated carbocycles. The fourth-order valence-electron chi connectivity index (χ4n) is 3.86. The standard InChI is InChI=1S/C15H21NO/c17-14-5-3-12(4-6-14)15(8-1-2-9-15)13-7-10-16-11-13/h3-6,13,16-17H,1-2,7-11H2. The number of aromatic hydroxyl groups is 1. The van der Waals surface area contributed by atoms with Crippen LogP contribution >= 0.6 is 0 Å². The summed E-state index contributed by atoms with van der Waals surface area (Å²) in [6, 6.07) is 7.97. The van der Waals surface area contributed by atoms with E-state index in [1.165, 1.54) is 50.8 Å². The van der Waals surface area contributed by atoms with Crippen molar-refractivity contribution in [1.82, 2.24) is 5.32 Å². The molecule has 92 valence electrons. The summed E-state index contributed by atoms with van der Waals surface area (Å²) in [7, 11) is 0. The minimum absolute atomic E-state index is 0.381. The number of nitrogens with one attached hydrogen (secondary N) is 1. The molecule has 0 aromatic heterocycles. The Morgan fingerprint density at radius 3 is 2.41 bits per heavy atom. The lowest BCUT2D eigenvalue weighted by Crippen LogP contribution is -2.33. The summed E-state index contributed by atoms with van der Waals surface area (Å²) in [6.45, 7) is 2.34. The molecule has 2 nitrogen and oxygen atoms in total. The normalized spacial score (nSPS) is 27.4. The molecule has 1 aromatic carbocycles. The van der Waals surface area contributed by atoms with Crippen molar-refractivity contribution in [2.45, 2.75) is 37.5 Å². The Bertz CT molecular complexity index is 372. The quantitative estimate of drug-likeness (QED) is 0.820. The molecular formula is C15H21NO. The van der Waals surface area contributed by atoms with Crippen molar-refractivity contribution in [1.29, 1.82) is 0 Å². The van der Waals surface area contributed by atoms with Crippen molar-refractivity contribution in [2.24, 2.45) is 5.92 Å². The monoisotopic (exact) mass is 231 g/mol. The Kier molecular flexibility index (Phi) is 2.83. The zero-order valence-electron chi connectivity index (χ0n) is 10.3. The first-order valence-corrected chi connectivity index (χ1v) is 6.81. The maximum Gasteiger partial charge on any atom is 0.115 e. The lowest BCUT2D eigenvalue weighted by Gasteiger charge is -2.36. The van der Waals surface area contributed by atoms with Gasteiger partial charge in [0.05, 0.1) is 0 Å². The first-order chi connectivity index (χ1) is 8.31. The second-order valence-corrected chi connectivity index (χ2v) is 5.60. The summed E-state index contributed by atoms with van der Waals surface area (Å²) in [6.07, 6.45) is 6.67. The topological polar surface area (TPSA) is 32.3 Å². The molecule has 2 aliphatic rings. The van der Waals surface area contributed by atoms with Gasteiger partial charge < -0.3 is 10.4 Å². The van der Waals surface area contributed by atoms with Crippen LogP contribution in [0.4, 0.5) is 0 Å². The van der Waals surface area contributed by atoms with Gasteiger partial charge in [0.15, 0.2) is 0 Å². The van der Waals surface area contributed by atoms with Crippen molar-refractivity contribution in [3.63, 3.8) is 0 Å². The van der Waals surface area contributed by atoms with Gasteiger partial charge in [-0.3, -0.25) is 0 Å². The van der Waals surface area contributed by atoms with Crippen LogP contribution in [0.3, 0.4) is 0 Å². The molecule has 2 fully saturated rings. The van der Waals surface area contributed by atoms with Gasteiger partial charge in [-0.25, -0.2) is 0 Å². The maximum atomic E-state index is 9.44. The molecule has 1 unspecified atom stereocenters. The number of phenolic OH excluding ortho intramolecular Hbond substituents is 1. The van der Waals surface area contributed by atoms with E-state index in [0.29, 0.717) is 11.2 Å². The second-order valence-electron chi connectivity index (χ2n) is 5.60. The fraction of sp³-hybridized carbons (Fsp3) is 0.600. The van der Waals surface area contributed by atoms with Gasteiger partial charge in [0.2, 0.25) is 0 Å². The average Bonchev–Trinajstić information content (AvgIpc) is 3.01. The van der Waals surface area contributed by atoms with Gasteiger partial charge in [-0.2, -0.15) is 0 Å². The number of rotatable bonds is 2. The molecule has 0 spiro atoms. The molecule has 0 bridgehead atoms. The summed E-state index contributed by atoms with van der Waals surface area (Å²) in [5.41, 5.74) is 1.83. The van der Waals surface area contributed by atoms with E-state index in [1.807, 2.05) is 12.1 Å². The van der Waals surface area contributed by atoms with E-state index in [9.17, 15) is 5.11 Å². The molecule has 1 aromatic rings. The summed E-state index contributed by atoms with van der Waals surface area (Å²) in [4.78, 5) is 0. The van der Waals surface area contributed by atoms with Crippen LogP contribution < -0.4 is 5.32 Å². The highest BCUT2D eigenvalue weighted by Gasteiger charge is 2.43. The van der Waals surface area contributed by atoms with Crippen molar-refractivity contribution >= 4 is 0 Å². The van der Waals surface area contributed by atoms with E-state index in [0.717, 1.165) is 5.92 Å². The largest absolute Gasteiger partial charge is 0.508 e. The van der Waals surface area contributed by atoms with Crippen molar-refractivity contribution in [2.75, 3.05) is 13.1 Å². The van der Waals surface area contributed by atoms with E-state index < -0.39 is 0 Å². The molecule has 0 radical (unpaired) electrons. The number of phenols is 1. The molecule has 1 aliphatic carbocycles. The molecule has 1 saturated heterocycles. The van der Waals surface area contributed by atoms with Crippen LogP contribution in [-0.4, -0.2) is 18.2 Å². The lowest BCUT2D eigenvalue weighted by molar-refractivity contribution is 0.291. The molecule has 1 aliphatic heterocycles. The zero-order chi connectivity index (χ0) is 11.7. The summed E-state index contributed by atoms with van der Waals surface area (Å²) in [5.74, 6) is 1.17. The van der Waals surface area contributed by atoms with E-state index >= 15 is 0 Å². The van der Waals surface area contributed by atoms with Crippen LogP contribution in [0.15, 0.2) is 24.3 Å². The van der Waals surface area contributed by atoms with Crippen molar-refractivity contribution in [3.8, 4) is 5.75 Å². The van der Waals surface area contributed by atoms with Crippen LogP contribution in [0.5, 0.6) is 5.75 Å². The van der Waals surface area contributed by atoms with E-state index in [1.54, 1.807) is 0 Å². The minimum atomic E-state index is 0.381. The third kappa shape index (κ3) is 1.85. The molecule has 1 atom stereocenters. The predicted molar refractivity (Wildman–Crippen MR) is 69.2 cm³/mol. The maximum absolute atomic E-state index is 9.44. The van der Waals surface area contributed by atoms with E-state index in [-0.39, 0.29) is 0 Å². The van der Waals surface area contributed by atoms with Gasteiger partial charge in [0, 0.05) is 0 Å². The highest BCUT2D eigenvalue weighted by atomic mass is 16.3. The van der Waals surface area contributed by atoms with Gasteiger partial charge >= 0.3 is 0 Å². The van der Waals surface area contributed by atoms with Crippen molar-refractivity contribution < 1.29 is 5.11 Å². The van der Waals surface area contributed by atoms with Crippen LogP contribution in [-0.2, 0) is 5.41 Å². The second kappa shape index (κ2) is 4.34. The first-order valence-electron chi connectivity index (χ1n) is 6.81. The fourth-order valence-corrected chi connectivity index (χ4v) is 3.86. The van der Waals surface area contributed by atoms with Crippen LogP contribution in [0.25, 0.3) is 0 Å². The number of hydrogen-bond acceptors (Lipinski definition) is 2. The van der Waals surface area contributed by atoms with E-state index in [4.69, 9.17) is 0 Å². The van der Waals surface area contributed by atoms with Crippen LogP contribution in [0.1, 0.15) is 37.7 Å². The van der Waals surface area contributed by atoms with Gasteiger partial charge in [0.25, 0.3) is 0 Å². The molecular weight excluding hydrogens is 210 g/mol. The third-order valence-corrected chi connectivity index (χ3v) is 4.78. The summed E-state index contributed by atoms with van der Waals surface area (Å²) < 4.78 is 0. The van der Waals surface area contributed by atoms with Gasteiger partial charge in [-0.1, -0.05) is 25.0 Å². The van der Waals surface area contributed by atoms with Crippen molar-refractivity contribution in [3.05, 3.63) is 29.8 Å². The van der Waals surface area contributed by atoms with Crippen LogP contribution in [0.2, 0.25) is 0 Å². The summed E-state index contributed by atoms with van der Waals surface area (Å²) >= 11 is 0. The first kappa shape index (κ1) is 11.1. The Labute approximate surface area is 103 Å². The zero-order valence-corrected chi connectivity index (χ0v) is 10.3. The Balaban J connectivity index is 1.95. The molecule has 2 heteroatoms. The molecule has 0 amide bonds. The highest BCUT2D eigenvalue weighted by molar-refractivity contribution is 5.33. The molecule has 1 heterocycles. The minimum Gasteiger partial charge on any atom is -0.508 e. The molecule has 3 rings (SSSR count). The molecule has 2 N–H and O–H groups in total. The van der Waals surface area contributed by atoms with E-state index in [2.05, 4.69) is 17.4 Å². The average molecular weight is 231 g/mol. The smallest absolute Gasteiger partial charge is 0.115 e. The number of hydrogen-bond donors (Lipinski definition) is 2. The van der Waals surface area contributed by atoms with Gasteiger partial charge in [-0.05, 0) is 61.4 Å².